The van der Waals surface area contributed by atoms with Crippen molar-refractivity contribution in [2.45, 2.75) is 6.54 Å². The maximum absolute atomic E-state index is 8.90. The Labute approximate surface area is 118 Å². The van der Waals surface area contributed by atoms with Crippen LogP contribution in [-0.4, -0.2) is 12.0 Å². The number of hydrogen-bond acceptors (Lipinski definition) is 5. The summed E-state index contributed by atoms with van der Waals surface area (Å²) in [5.74, 6) is 0.739. The highest BCUT2D eigenvalue weighted by molar-refractivity contribution is 9.11. The molecule has 0 aliphatic carbocycles. The van der Waals surface area contributed by atoms with Crippen LogP contribution in [0.5, 0.6) is 0 Å². The molecule has 2 heterocycles. The molecule has 92 valence electrons. The van der Waals surface area contributed by atoms with Crippen LogP contribution >= 0.6 is 27.3 Å². The minimum atomic E-state index is 0.269. The van der Waals surface area contributed by atoms with Crippen molar-refractivity contribution >= 4 is 38.8 Å². The molecule has 0 unspecified atom stereocenters. The summed E-state index contributed by atoms with van der Waals surface area (Å²) in [6.07, 6.45) is 0. The molecule has 0 bridgehead atoms. The van der Waals surface area contributed by atoms with Crippen LogP contribution in [0.3, 0.4) is 0 Å². The standard InChI is InChI=1S/C12H11BrN4S/c1-17(6-8-4-11(13)18-7-8)12-3-2-9(15)10(5-14)16-12/h2-4,7H,6,15H2,1H3. The lowest BCUT2D eigenvalue weighted by atomic mass is 10.3. The van der Waals surface area contributed by atoms with Gasteiger partial charge in [-0.15, -0.1) is 11.3 Å². The molecule has 0 amide bonds. The van der Waals surface area contributed by atoms with Crippen molar-refractivity contribution in [1.82, 2.24) is 4.98 Å². The van der Waals surface area contributed by atoms with Crippen molar-refractivity contribution in [2.24, 2.45) is 0 Å². The minimum Gasteiger partial charge on any atom is -0.396 e. The van der Waals surface area contributed by atoms with E-state index in [2.05, 4.69) is 32.4 Å². The van der Waals surface area contributed by atoms with Crippen LogP contribution < -0.4 is 10.6 Å². The summed E-state index contributed by atoms with van der Waals surface area (Å²) in [6, 6.07) is 7.59. The maximum Gasteiger partial charge on any atom is 0.165 e. The third kappa shape index (κ3) is 2.81. The molecule has 0 spiro atoms. The van der Waals surface area contributed by atoms with Crippen LogP contribution in [0.2, 0.25) is 0 Å². The Morgan fingerprint density at radius 2 is 2.33 bits per heavy atom. The maximum atomic E-state index is 8.90. The van der Waals surface area contributed by atoms with Crippen molar-refractivity contribution in [2.75, 3.05) is 17.7 Å². The molecule has 0 fully saturated rings. The Balaban J connectivity index is 2.19. The van der Waals surface area contributed by atoms with Gasteiger partial charge in [0.25, 0.3) is 0 Å². The predicted molar refractivity (Wildman–Crippen MR) is 77.5 cm³/mol. The first kappa shape index (κ1) is 12.9. The zero-order valence-electron chi connectivity index (χ0n) is 9.72. The highest BCUT2D eigenvalue weighted by Gasteiger charge is 2.08. The molecule has 4 nitrogen and oxygen atoms in total. The Kier molecular flexibility index (Phi) is 3.84. The van der Waals surface area contributed by atoms with Crippen LogP contribution in [0.1, 0.15) is 11.3 Å². The van der Waals surface area contributed by atoms with Crippen LogP contribution in [0, 0.1) is 11.3 Å². The van der Waals surface area contributed by atoms with E-state index in [-0.39, 0.29) is 5.69 Å². The molecule has 0 atom stereocenters. The van der Waals surface area contributed by atoms with Gasteiger partial charge in [-0.2, -0.15) is 5.26 Å². The van der Waals surface area contributed by atoms with Gasteiger partial charge in [0.1, 0.15) is 11.9 Å². The quantitative estimate of drug-likeness (QED) is 0.943. The monoisotopic (exact) mass is 322 g/mol. The van der Waals surface area contributed by atoms with E-state index in [1.165, 1.54) is 5.56 Å². The van der Waals surface area contributed by atoms with Gasteiger partial charge in [-0.1, -0.05) is 0 Å². The minimum absolute atomic E-state index is 0.269. The van der Waals surface area contributed by atoms with Gasteiger partial charge in [-0.3, -0.25) is 0 Å². The van der Waals surface area contributed by atoms with Gasteiger partial charge in [0.2, 0.25) is 0 Å². The number of nitriles is 1. The molecule has 18 heavy (non-hydrogen) atoms. The molecular weight excluding hydrogens is 312 g/mol. The van der Waals surface area contributed by atoms with Gasteiger partial charge in [0.05, 0.1) is 9.47 Å². The van der Waals surface area contributed by atoms with E-state index >= 15 is 0 Å². The fraction of sp³-hybridized carbons (Fsp3) is 0.167. The van der Waals surface area contributed by atoms with Gasteiger partial charge in [-0.05, 0) is 45.1 Å². The third-order valence-electron chi connectivity index (χ3n) is 2.45. The van der Waals surface area contributed by atoms with Crippen molar-refractivity contribution < 1.29 is 0 Å². The van der Waals surface area contributed by atoms with Gasteiger partial charge in [-0.25, -0.2) is 4.98 Å². The second-order valence-electron chi connectivity index (χ2n) is 3.83. The Morgan fingerprint density at radius 1 is 1.56 bits per heavy atom. The second-order valence-corrected chi connectivity index (χ2v) is 6.12. The van der Waals surface area contributed by atoms with E-state index < -0.39 is 0 Å². The summed E-state index contributed by atoms with van der Waals surface area (Å²) in [7, 11) is 1.94. The first-order chi connectivity index (χ1) is 8.60. The first-order valence-electron chi connectivity index (χ1n) is 5.21. The van der Waals surface area contributed by atoms with Gasteiger partial charge in [0.15, 0.2) is 5.69 Å². The zero-order chi connectivity index (χ0) is 13.1. The molecule has 2 rings (SSSR count). The van der Waals surface area contributed by atoms with Gasteiger partial charge >= 0.3 is 0 Å². The summed E-state index contributed by atoms with van der Waals surface area (Å²) in [5.41, 5.74) is 7.53. The number of pyridine rings is 1. The number of hydrogen-bond donors (Lipinski definition) is 1. The molecule has 6 heteroatoms. The van der Waals surface area contributed by atoms with Crippen molar-refractivity contribution in [1.29, 1.82) is 5.26 Å². The second kappa shape index (κ2) is 5.38. The Hall–Kier alpha value is -1.58. The van der Waals surface area contributed by atoms with Gasteiger partial charge in [0, 0.05) is 13.6 Å². The topological polar surface area (TPSA) is 65.9 Å². The van der Waals surface area contributed by atoms with E-state index in [0.717, 1.165) is 16.1 Å². The van der Waals surface area contributed by atoms with E-state index in [1.807, 2.05) is 24.1 Å². The largest absolute Gasteiger partial charge is 0.396 e. The van der Waals surface area contributed by atoms with Crippen LogP contribution in [0.4, 0.5) is 11.5 Å². The molecule has 0 aliphatic heterocycles. The third-order valence-corrected chi connectivity index (χ3v) is 4.00. The number of aromatic nitrogens is 1. The predicted octanol–water partition coefficient (Wildman–Crippen LogP) is 3.00. The highest BCUT2D eigenvalue weighted by Crippen LogP contribution is 2.23. The molecule has 2 aromatic rings. The SMILES string of the molecule is CN(Cc1csc(Br)c1)c1ccc(N)c(C#N)n1. The van der Waals surface area contributed by atoms with Crippen molar-refractivity contribution in [3.05, 3.63) is 38.6 Å². The van der Waals surface area contributed by atoms with Crippen LogP contribution in [0.15, 0.2) is 27.4 Å². The smallest absolute Gasteiger partial charge is 0.165 e. The average Bonchev–Trinajstić information content (AvgIpc) is 2.75. The van der Waals surface area contributed by atoms with E-state index in [1.54, 1.807) is 17.4 Å². The number of nitrogen functional groups attached to an aromatic ring is 1. The summed E-state index contributed by atoms with van der Waals surface area (Å²) in [4.78, 5) is 6.21. The van der Waals surface area contributed by atoms with E-state index in [4.69, 9.17) is 11.0 Å². The molecule has 0 saturated heterocycles. The number of thiophene rings is 1. The van der Waals surface area contributed by atoms with E-state index in [0.29, 0.717) is 5.69 Å². The molecule has 2 aromatic heterocycles. The number of halogens is 1. The number of nitrogens with two attached hydrogens (primary N) is 1. The van der Waals surface area contributed by atoms with Crippen LogP contribution in [-0.2, 0) is 6.54 Å². The number of rotatable bonds is 3. The number of nitrogens with zero attached hydrogens (tertiary/aromatic N) is 3. The van der Waals surface area contributed by atoms with Crippen molar-refractivity contribution in [3.63, 3.8) is 0 Å². The summed E-state index contributed by atoms with van der Waals surface area (Å²) in [5, 5.41) is 11.0. The average molecular weight is 323 g/mol. The molecule has 0 radical (unpaired) electrons. The lowest BCUT2D eigenvalue weighted by Crippen LogP contribution is -2.17. The molecule has 0 aromatic carbocycles. The fourth-order valence-corrected chi connectivity index (χ4v) is 2.75. The lowest BCUT2D eigenvalue weighted by Gasteiger charge is -2.17. The van der Waals surface area contributed by atoms with Crippen LogP contribution in [0.25, 0.3) is 0 Å². The summed E-state index contributed by atoms with van der Waals surface area (Å²) in [6.45, 7) is 0.740. The Morgan fingerprint density at radius 3 is 2.94 bits per heavy atom. The molecule has 0 saturated carbocycles. The zero-order valence-corrected chi connectivity index (χ0v) is 12.1. The first-order valence-corrected chi connectivity index (χ1v) is 6.88. The molecule has 2 N–H and O–H groups in total. The number of anilines is 2. The highest BCUT2D eigenvalue weighted by atomic mass is 79.9. The van der Waals surface area contributed by atoms with E-state index in [9.17, 15) is 0 Å². The molecular formula is C12H11BrN4S. The summed E-state index contributed by atoms with van der Waals surface area (Å²) >= 11 is 5.08. The molecule has 0 aliphatic rings. The lowest BCUT2D eigenvalue weighted by molar-refractivity contribution is 0.900. The fourth-order valence-electron chi connectivity index (χ4n) is 1.55. The van der Waals surface area contributed by atoms with Gasteiger partial charge < -0.3 is 10.6 Å². The van der Waals surface area contributed by atoms with Crippen molar-refractivity contribution in [3.8, 4) is 6.07 Å². The normalized spacial score (nSPS) is 10.1. The summed E-state index contributed by atoms with van der Waals surface area (Å²) < 4.78 is 1.11. The Bertz CT molecular complexity index is 602.